The molecule has 0 bridgehead atoms. The van der Waals surface area contributed by atoms with Gasteiger partial charge in [0, 0.05) is 12.0 Å². The van der Waals surface area contributed by atoms with E-state index >= 15 is 0 Å². The lowest BCUT2D eigenvalue weighted by atomic mass is 9.75. The molecule has 0 saturated carbocycles. The van der Waals surface area contributed by atoms with Gasteiger partial charge < -0.3 is 10.1 Å². The second-order valence-corrected chi connectivity index (χ2v) is 6.14. The van der Waals surface area contributed by atoms with Crippen molar-refractivity contribution in [2.45, 2.75) is 32.2 Å². The van der Waals surface area contributed by atoms with Crippen molar-refractivity contribution in [1.82, 2.24) is 0 Å². The lowest BCUT2D eigenvalue weighted by molar-refractivity contribution is -0.384. The van der Waals surface area contributed by atoms with Crippen LogP contribution in [0, 0.1) is 22.0 Å². The van der Waals surface area contributed by atoms with Crippen LogP contribution in [0.4, 0.5) is 11.4 Å². The molecule has 0 radical (unpaired) electrons. The highest BCUT2D eigenvalue weighted by atomic mass is 16.6. The minimum absolute atomic E-state index is 0.105. The number of rotatable bonds is 3. The van der Waals surface area contributed by atoms with E-state index in [0.717, 1.165) is 12.0 Å². The van der Waals surface area contributed by atoms with Crippen LogP contribution < -0.4 is 10.1 Å². The Bertz CT molecular complexity index is 610. The van der Waals surface area contributed by atoms with E-state index in [9.17, 15) is 10.1 Å². The second kappa shape index (κ2) is 5.06. The lowest BCUT2D eigenvalue weighted by Crippen LogP contribution is -2.39. The molecule has 0 unspecified atom stereocenters. The minimum atomic E-state index is -0.329. The fourth-order valence-corrected chi connectivity index (χ4v) is 3.61. The summed E-state index contributed by atoms with van der Waals surface area (Å²) < 4.78 is 5.24. The summed E-state index contributed by atoms with van der Waals surface area (Å²) >= 11 is 0. The van der Waals surface area contributed by atoms with Crippen molar-refractivity contribution in [1.29, 1.82) is 0 Å². The van der Waals surface area contributed by atoms with Crippen molar-refractivity contribution in [2.75, 3.05) is 12.4 Å². The molecule has 2 aliphatic rings. The van der Waals surface area contributed by atoms with Crippen LogP contribution in [0.25, 0.3) is 0 Å². The van der Waals surface area contributed by atoms with Gasteiger partial charge in [-0.1, -0.05) is 26.0 Å². The van der Waals surface area contributed by atoms with Crippen molar-refractivity contribution in [2.24, 2.45) is 11.8 Å². The number of ether oxygens (including phenoxy) is 1. The van der Waals surface area contributed by atoms with E-state index < -0.39 is 0 Å². The second-order valence-electron chi connectivity index (χ2n) is 6.14. The van der Waals surface area contributed by atoms with Crippen LogP contribution >= 0.6 is 0 Å². The van der Waals surface area contributed by atoms with Gasteiger partial charge in [-0.25, -0.2) is 0 Å². The topological polar surface area (TPSA) is 64.4 Å². The molecule has 5 heteroatoms. The molecule has 1 N–H and O–H groups in total. The Kier molecular flexibility index (Phi) is 3.35. The average Bonchev–Trinajstić information content (AvgIpc) is 2.94. The van der Waals surface area contributed by atoms with Crippen molar-refractivity contribution in [3.63, 3.8) is 0 Å². The molecule has 1 aliphatic carbocycles. The molecular weight excluding hydrogens is 268 g/mol. The average molecular weight is 288 g/mol. The van der Waals surface area contributed by atoms with Crippen LogP contribution in [0.15, 0.2) is 24.3 Å². The molecule has 0 spiro atoms. The number of nitro groups is 1. The zero-order valence-corrected chi connectivity index (χ0v) is 12.5. The van der Waals surface area contributed by atoms with Crippen LogP contribution in [-0.4, -0.2) is 18.1 Å². The molecule has 1 heterocycles. The highest BCUT2D eigenvalue weighted by molar-refractivity contribution is 5.72. The van der Waals surface area contributed by atoms with E-state index in [2.05, 4.69) is 31.3 Å². The minimum Gasteiger partial charge on any atom is -0.496 e. The lowest BCUT2D eigenvalue weighted by Gasteiger charge is -2.39. The summed E-state index contributed by atoms with van der Waals surface area (Å²) in [4.78, 5) is 11.1. The highest BCUT2D eigenvalue weighted by Gasteiger charge is 2.41. The fourth-order valence-electron chi connectivity index (χ4n) is 3.61. The number of nitro benzene ring substituents is 1. The standard InChI is InChI=1S/C16H20N2O3/c1-9(2)15-12-6-4-5-11(12)13-7-10(21-3)8-14(18(19)20)16(13)17-15/h4-5,7-9,11-12,15,17H,6H2,1-3H3/t11-,12-,15-/m0/s1. The fraction of sp³-hybridized carbons (Fsp3) is 0.500. The summed E-state index contributed by atoms with van der Waals surface area (Å²) in [7, 11) is 1.54. The van der Waals surface area contributed by atoms with Gasteiger partial charge in [-0.15, -0.1) is 0 Å². The number of hydrogen-bond donors (Lipinski definition) is 1. The molecule has 0 aromatic heterocycles. The molecule has 1 aliphatic heterocycles. The van der Waals surface area contributed by atoms with Crippen molar-refractivity contribution in [3.05, 3.63) is 40.0 Å². The number of hydrogen-bond acceptors (Lipinski definition) is 4. The first kappa shape index (κ1) is 13.9. The van der Waals surface area contributed by atoms with Gasteiger partial charge in [0.1, 0.15) is 11.4 Å². The Morgan fingerprint density at radius 1 is 1.43 bits per heavy atom. The number of nitrogens with one attached hydrogen (secondary N) is 1. The Morgan fingerprint density at radius 2 is 2.19 bits per heavy atom. The quantitative estimate of drug-likeness (QED) is 0.523. The van der Waals surface area contributed by atoms with E-state index in [1.807, 2.05) is 6.07 Å². The maximum absolute atomic E-state index is 11.4. The van der Waals surface area contributed by atoms with Gasteiger partial charge in [0.2, 0.25) is 0 Å². The molecular formula is C16H20N2O3. The van der Waals surface area contributed by atoms with Gasteiger partial charge in [0.05, 0.1) is 18.1 Å². The Morgan fingerprint density at radius 3 is 2.81 bits per heavy atom. The summed E-state index contributed by atoms with van der Waals surface area (Å²) in [6, 6.07) is 3.69. The maximum atomic E-state index is 11.4. The van der Waals surface area contributed by atoms with Gasteiger partial charge in [-0.05, 0) is 29.9 Å². The smallest absolute Gasteiger partial charge is 0.296 e. The number of fused-ring (bicyclic) bond motifs is 3. The summed E-state index contributed by atoms with van der Waals surface area (Å²) in [6.45, 7) is 4.32. The van der Waals surface area contributed by atoms with E-state index in [1.54, 1.807) is 7.11 Å². The molecule has 5 nitrogen and oxygen atoms in total. The van der Waals surface area contributed by atoms with Gasteiger partial charge in [0.15, 0.2) is 0 Å². The zero-order valence-electron chi connectivity index (χ0n) is 12.5. The Labute approximate surface area is 124 Å². The largest absolute Gasteiger partial charge is 0.496 e. The van der Waals surface area contributed by atoms with Crippen molar-refractivity contribution < 1.29 is 9.66 Å². The summed E-state index contributed by atoms with van der Waals surface area (Å²) in [5.41, 5.74) is 1.75. The molecule has 0 amide bonds. The molecule has 3 atom stereocenters. The van der Waals surface area contributed by atoms with Crippen LogP contribution in [0.2, 0.25) is 0 Å². The molecule has 21 heavy (non-hydrogen) atoms. The summed E-state index contributed by atoms with van der Waals surface area (Å²) in [6.07, 6.45) is 5.39. The first-order valence-electron chi connectivity index (χ1n) is 7.32. The normalized spacial score (nSPS) is 26.2. The van der Waals surface area contributed by atoms with Crippen molar-refractivity contribution >= 4 is 11.4 Å². The Balaban J connectivity index is 2.17. The van der Waals surface area contributed by atoms with Crippen LogP contribution in [0.3, 0.4) is 0 Å². The van der Waals surface area contributed by atoms with Crippen molar-refractivity contribution in [3.8, 4) is 5.75 Å². The third-order valence-corrected chi connectivity index (χ3v) is 4.62. The number of benzene rings is 1. The van der Waals surface area contributed by atoms with Gasteiger partial charge in [-0.3, -0.25) is 10.1 Å². The van der Waals surface area contributed by atoms with E-state index in [0.29, 0.717) is 23.3 Å². The third kappa shape index (κ3) is 2.17. The molecule has 1 aromatic rings. The maximum Gasteiger partial charge on any atom is 0.296 e. The predicted molar refractivity (Wildman–Crippen MR) is 81.9 cm³/mol. The van der Waals surface area contributed by atoms with E-state index in [4.69, 9.17) is 4.74 Å². The third-order valence-electron chi connectivity index (χ3n) is 4.62. The van der Waals surface area contributed by atoms with Crippen LogP contribution in [0.1, 0.15) is 31.7 Å². The number of anilines is 1. The molecule has 0 saturated heterocycles. The molecule has 0 fully saturated rings. The summed E-state index contributed by atoms with van der Waals surface area (Å²) in [5.74, 6) is 1.67. The first-order chi connectivity index (χ1) is 10.0. The van der Waals surface area contributed by atoms with Crippen LogP contribution in [-0.2, 0) is 0 Å². The van der Waals surface area contributed by atoms with E-state index in [-0.39, 0.29) is 22.6 Å². The number of allylic oxidation sites excluding steroid dienone is 2. The number of nitrogens with zero attached hydrogens (tertiary/aromatic N) is 1. The highest BCUT2D eigenvalue weighted by Crippen LogP contribution is 2.50. The Hall–Kier alpha value is -2.04. The van der Waals surface area contributed by atoms with Gasteiger partial charge in [0.25, 0.3) is 5.69 Å². The van der Waals surface area contributed by atoms with Gasteiger partial charge >= 0.3 is 0 Å². The van der Waals surface area contributed by atoms with Crippen LogP contribution in [0.5, 0.6) is 5.75 Å². The van der Waals surface area contributed by atoms with Gasteiger partial charge in [-0.2, -0.15) is 0 Å². The molecule has 3 rings (SSSR count). The zero-order chi connectivity index (χ0) is 15.1. The molecule has 1 aromatic carbocycles. The SMILES string of the molecule is COc1cc2c(c([N+](=O)[O-])c1)N[C@@H](C(C)C)[C@H]1CC=C[C@H]21. The van der Waals surface area contributed by atoms with E-state index in [1.165, 1.54) is 6.07 Å². The number of methoxy groups -OCH3 is 1. The molecule has 112 valence electrons. The monoisotopic (exact) mass is 288 g/mol. The summed E-state index contributed by atoms with van der Waals surface area (Å²) in [5, 5.41) is 14.8. The first-order valence-corrected chi connectivity index (χ1v) is 7.32. The predicted octanol–water partition coefficient (Wildman–Crippen LogP) is 3.71.